The third kappa shape index (κ3) is 9.35. The van der Waals surface area contributed by atoms with Gasteiger partial charge >= 0.3 is 29.7 Å². The predicted molar refractivity (Wildman–Crippen MR) is 298 cm³/mol. The maximum absolute atomic E-state index is 17.0. The summed E-state index contributed by atoms with van der Waals surface area (Å²) in [5.74, 6) is -22.7. The molecular formula is C62H60F6O20S2. The first-order valence-corrected chi connectivity index (χ1v) is 31.7. The van der Waals surface area contributed by atoms with Gasteiger partial charge in [-0.15, -0.1) is 0 Å². The van der Waals surface area contributed by atoms with Crippen molar-refractivity contribution in [2.24, 2.45) is 5.92 Å². The first-order valence-electron chi connectivity index (χ1n) is 28.8. The van der Waals surface area contributed by atoms with Gasteiger partial charge in [-0.2, -0.15) is 26.3 Å². The summed E-state index contributed by atoms with van der Waals surface area (Å²) in [5.41, 5.74) is -6.71. The maximum Gasteiger partial charge on any atom is 0.380 e. The van der Waals surface area contributed by atoms with Gasteiger partial charge in [0.25, 0.3) is 11.9 Å². The zero-order valence-corrected chi connectivity index (χ0v) is 50.9. The molecule has 28 heteroatoms. The summed E-state index contributed by atoms with van der Waals surface area (Å²) in [7, 11) is -5.58. The second kappa shape index (κ2) is 22.1. The molecule has 482 valence electrons. The second-order valence-electron chi connectivity index (χ2n) is 23.3. The second-order valence-corrected chi connectivity index (χ2v) is 27.2. The van der Waals surface area contributed by atoms with Crippen LogP contribution in [0.4, 0.5) is 26.3 Å². The first kappa shape index (κ1) is 62.8. The Balaban J connectivity index is 0.801. The summed E-state index contributed by atoms with van der Waals surface area (Å²) in [6.45, 7) is 7.02. The standard InChI is InChI=1S/C62H60F6O20S2/c1-9-37-41(35-21-19-33(23-39(35)89(37,71)72)29-11-15-31(16-12-29)56(69)81-50-46-28(3)45-47(78-25-75-6)53(50)86-58(4,83-45)84-46)43-44(61(65,66)62(67,68)60(43,63)64)42-36-22-20-34(24-40(36)90(73,74)38(42)10-2)30-13-17-32(18-14-30)57(70)82-51-54-48(79-26-76-7)52-49(80-27-77-8)55(51)88-59(5,85-52)87-54/h11-24,28,45-55H,9-10,25-27H2,1-8H3/t28?,45-,46?,47-,48+,49?,50?,51?,52?,53+,54-,55?,58?,59?/m1/s1. The van der Waals surface area contributed by atoms with Gasteiger partial charge in [0.1, 0.15) is 69.2 Å². The molecule has 15 rings (SSSR count). The highest BCUT2D eigenvalue weighted by Gasteiger charge is 2.82. The lowest BCUT2D eigenvalue weighted by atomic mass is 9.76. The van der Waals surface area contributed by atoms with Gasteiger partial charge in [-0.3, -0.25) is 0 Å². The van der Waals surface area contributed by atoms with Crippen molar-refractivity contribution >= 4 is 42.8 Å². The number of allylic oxidation sites excluding steroid dienone is 6. The molecule has 0 radical (unpaired) electrons. The molecule has 8 aliphatic heterocycles. The van der Waals surface area contributed by atoms with Crippen LogP contribution < -0.4 is 0 Å². The molecule has 0 spiro atoms. The Morgan fingerprint density at radius 3 is 1.13 bits per heavy atom. The van der Waals surface area contributed by atoms with Crippen LogP contribution in [-0.2, 0) is 86.0 Å². The van der Waals surface area contributed by atoms with Crippen molar-refractivity contribution in [1.29, 1.82) is 0 Å². The molecule has 14 atom stereocenters. The van der Waals surface area contributed by atoms with Gasteiger partial charge in [0, 0.05) is 74.5 Å². The van der Waals surface area contributed by atoms with E-state index < -0.39 is 194 Å². The van der Waals surface area contributed by atoms with Crippen LogP contribution in [0.3, 0.4) is 0 Å². The molecule has 20 nitrogen and oxygen atoms in total. The summed E-state index contributed by atoms with van der Waals surface area (Å²) < 4.78 is 240. The molecule has 6 saturated heterocycles. The molecule has 90 heavy (non-hydrogen) atoms. The van der Waals surface area contributed by atoms with Gasteiger partial charge in [-0.1, -0.05) is 69.3 Å². The van der Waals surface area contributed by atoms with Gasteiger partial charge < -0.3 is 66.3 Å². The third-order valence-electron chi connectivity index (χ3n) is 18.0. The van der Waals surface area contributed by atoms with E-state index in [0.717, 1.165) is 24.3 Å². The van der Waals surface area contributed by atoms with Gasteiger partial charge in [0.05, 0.1) is 36.8 Å². The summed E-state index contributed by atoms with van der Waals surface area (Å²) in [6.07, 6.45) is -10.1. The van der Waals surface area contributed by atoms with E-state index in [4.69, 9.17) is 66.3 Å². The van der Waals surface area contributed by atoms with Crippen molar-refractivity contribution in [3.63, 3.8) is 0 Å². The van der Waals surface area contributed by atoms with E-state index in [0.29, 0.717) is 0 Å². The number of alkyl halides is 6. The minimum Gasteiger partial charge on any atom is -0.453 e. The minimum absolute atomic E-state index is 0.000507. The molecule has 0 aromatic heterocycles. The minimum atomic E-state index is -6.23. The number of carbonyl (C=O) groups is 2. The number of hydrogen-bond acceptors (Lipinski definition) is 20. The Hall–Kier alpha value is -5.96. The SMILES string of the molecule is CCC1=C(C2=C(C3=C(CC)S(=O)(=O)c4cc(-c5ccc(C(=O)OC6C7OC8(C)OC(C7OCOC)[C@H](OCOC)[C@H]6O8)cc5)ccc43)C(F)(F)C(F)(F)C2(F)F)c2ccc(-c3ccc(C(=O)OC4C5OC6(C)O[C@H](C5C)[C@@H](OCOC)[C@@H]4O6)cc3)cc2S1(=O)=O. The highest BCUT2D eigenvalue weighted by Crippen LogP contribution is 2.68. The van der Waals surface area contributed by atoms with Crippen LogP contribution in [0.15, 0.2) is 116 Å². The number of hydrogen-bond donors (Lipinski definition) is 0. The quantitative estimate of drug-likeness (QED) is 0.0484. The number of benzene rings is 4. The Labute approximate surface area is 512 Å². The van der Waals surface area contributed by atoms with Crippen LogP contribution in [0.25, 0.3) is 33.4 Å². The lowest BCUT2D eigenvalue weighted by Gasteiger charge is -2.61. The van der Waals surface area contributed by atoms with Crippen LogP contribution in [0.1, 0.15) is 79.3 Å². The van der Waals surface area contributed by atoms with Crippen molar-refractivity contribution in [2.75, 3.05) is 41.7 Å². The van der Waals surface area contributed by atoms with Gasteiger partial charge in [0.2, 0.25) is 19.7 Å². The van der Waals surface area contributed by atoms with E-state index in [9.17, 15) is 26.4 Å². The monoisotopic (exact) mass is 1300 g/mol. The van der Waals surface area contributed by atoms with E-state index >= 15 is 26.3 Å². The molecule has 3 aliphatic carbocycles. The van der Waals surface area contributed by atoms with Gasteiger partial charge in [0.15, 0.2) is 12.2 Å². The van der Waals surface area contributed by atoms with Gasteiger partial charge in [-0.05, 0) is 71.5 Å². The highest BCUT2D eigenvalue weighted by molar-refractivity contribution is 7.96. The van der Waals surface area contributed by atoms with Crippen LogP contribution in [0.2, 0.25) is 0 Å². The summed E-state index contributed by atoms with van der Waals surface area (Å²) in [5, 5.41) is 0. The van der Waals surface area contributed by atoms with Crippen LogP contribution in [-0.4, -0.2) is 167 Å². The van der Waals surface area contributed by atoms with Crippen molar-refractivity contribution in [1.82, 2.24) is 0 Å². The van der Waals surface area contributed by atoms with Crippen LogP contribution in [0, 0.1) is 5.92 Å². The Kier molecular flexibility index (Phi) is 15.4. The first-order chi connectivity index (χ1) is 42.6. The molecule has 8 heterocycles. The van der Waals surface area contributed by atoms with E-state index in [2.05, 4.69) is 0 Å². The number of carbonyl (C=O) groups excluding carboxylic acids is 2. The summed E-state index contributed by atoms with van der Waals surface area (Å²) in [4.78, 5) is 24.5. The molecule has 8 fully saturated rings. The fourth-order valence-electron chi connectivity index (χ4n) is 14.0. The van der Waals surface area contributed by atoms with E-state index in [1.54, 1.807) is 13.8 Å². The van der Waals surface area contributed by atoms with Crippen LogP contribution in [0.5, 0.6) is 0 Å². The molecule has 9 unspecified atom stereocenters. The van der Waals surface area contributed by atoms with E-state index in [-0.39, 0.29) is 59.7 Å². The van der Waals surface area contributed by atoms with Gasteiger partial charge in [-0.25, -0.2) is 26.4 Å². The molecular weight excluding hydrogens is 1240 g/mol. The molecule has 4 aromatic rings. The Bertz CT molecular complexity index is 3920. The Morgan fingerprint density at radius 1 is 0.467 bits per heavy atom. The number of methoxy groups -OCH3 is 3. The number of rotatable bonds is 19. The van der Waals surface area contributed by atoms with Crippen molar-refractivity contribution < 1.29 is 119 Å². The fourth-order valence-corrected chi connectivity index (χ4v) is 17.8. The largest absolute Gasteiger partial charge is 0.453 e. The molecule has 2 saturated carbocycles. The molecule has 8 bridgehead atoms. The molecule has 0 N–H and O–H groups in total. The molecule has 0 amide bonds. The molecule has 11 aliphatic rings. The number of sulfone groups is 2. The predicted octanol–water partition coefficient (Wildman–Crippen LogP) is 9.15. The number of esters is 2. The summed E-state index contributed by atoms with van der Waals surface area (Å²) in [6, 6.07) is 18.0. The van der Waals surface area contributed by atoms with E-state index in [1.807, 2.05) is 6.92 Å². The lowest BCUT2D eigenvalue weighted by molar-refractivity contribution is -0.536. The average molecular weight is 1300 g/mol. The molecule has 4 aromatic carbocycles. The third-order valence-corrected chi connectivity index (χ3v) is 22.1. The van der Waals surface area contributed by atoms with E-state index in [1.165, 1.54) is 95.8 Å². The van der Waals surface area contributed by atoms with Crippen molar-refractivity contribution in [3.05, 3.63) is 128 Å². The van der Waals surface area contributed by atoms with Crippen molar-refractivity contribution in [2.45, 2.75) is 154 Å². The lowest BCUT2D eigenvalue weighted by Crippen LogP contribution is -2.79. The topological polar surface area (TPSA) is 232 Å². The number of halogens is 6. The maximum atomic E-state index is 17.0. The van der Waals surface area contributed by atoms with Crippen molar-refractivity contribution in [3.8, 4) is 22.3 Å². The fraction of sp³-hybridized carbons (Fsp3) is 0.484. The zero-order chi connectivity index (χ0) is 64.2. The Morgan fingerprint density at radius 2 is 0.778 bits per heavy atom. The summed E-state index contributed by atoms with van der Waals surface area (Å²) >= 11 is 0. The van der Waals surface area contributed by atoms with Crippen LogP contribution >= 0.6 is 0 Å². The number of ether oxygens (including phenoxy) is 14. The smallest absolute Gasteiger partial charge is 0.380 e. The normalized spacial score (nSPS) is 33.9. The average Bonchev–Trinajstić information content (AvgIpc) is 1.39. The number of fused-ring (bicyclic) bond motifs is 2. The highest BCUT2D eigenvalue weighted by atomic mass is 32.2. The zero-order valence-electron chi connectivity index (χ0n) is 49.3.